The van der Waals surface area contributed by atoms with Crippen molar-refractivity contribution < 1.29 is 14.1 Å². The van der Waals surface area contributed by atoms with Crippen molar-refractivity contribution in [1.82, 2.24) is 20.4 Å². The van der Waals surface area contributed by atoms with Crippen LogP contribution >= 0.6 is 0 Å². The summed E-state index contributed by atoms with van der Waals surface area (Å²) < 4.78 is 10.4. The van der Waals surface area contributed by atoms with Crippen LogP contribution in [-0.2, 0) is 4.74 Å². The van der Waals surface area contributed by atoms with Crippen LogP contribution < -0.4 is 10.6 Å². The molecule has 1 atom stereocenters. The first-order valence-corrected chi connectivity index (χ1v) is 7.26. The zero-order valence-corrected chi connectivity index (χ0v) is 13.9. The summed E-state index contributed by atoms with van der Waals surface area (Å²) in [6, 6.07) is 3.12. The molecule has 0 unspecified atom stereocenters. The molecule has 0 aliphatic rings. The standard InChI is InChI=1S/C15H21N5O3/c1-9(18-14(21)22-15(2,3)4)13-19-12(20-23-13)10-6-7-17-11(8-10)16-5/h6-9H,1-5H3,(H,16,17)(H,18,21)/t9-/m0/s1. The van der Waals surface area contributed by atoms with Crippen LogP contribution in [0, 0.1) is 0 Å². The van der Waals surface area contributed by atoms with Gasteiger partial charge in [-0.15, -0.1) is 0 Å². The molecule has 0 aliphatic heterocycles. The van der Waals surface area contributed by atoms with E-state index < -0.39 is 17.7 Å². The molecule has 2 N–H and O–H groups in total. The van der Waals surface area contributed by atoms with E-state index >= 15 is 0 Å². The molecule has 2 aromatic heterocycles. The van der Waals surface area contributed by atoms with Gasteiger partial charge in [-0.3, -0.25) is 0 Å². The zero-order chi connectivity index (χ0) is 17.0. The first kappa shape index (κ1) is 16.7. The van der Waals surface area contributed by atoms with Crippen molar-refractivity contribution >= 4 is 11.9 Å². The van der Waals surface area contributed by atoms with Gasteiger partial charge in [-0.25, -0.2) is 9.78 Å². The van der Waals surface area contributed by atoms with E-state index in [2.05, 4.69) is 25.8 Å². The second-order valence-corrected chi connectivity index (χ2v) is 6.00. The van der Waals surface area contributed by atoms with E-state index in [4.69, 9.17) is 9.26 Å². The number of ether oxygens (including phenoxy) is 1. The summed E-state index contributed by atoms with van der Waals surface area (Å²) in [4.78, 5) is 20.2. The quantitative estimate of drug-likeness (QED) is 0.893. The molecule has 0 aromatic carbocycles. The summed E-state index contributed by atoms with van der Waals surface area (Å²) in [6.07, 6.45) is 1.12. The Kier molecular flexibility index (Phi) is 4.83. The summed E-state index contributed by atoms with van der Waals surface area (Å²) in [5, 5.41) is 9.53. The number of anilines is 1. The fraction of sp³-hybridized carbons (Fsp3) is 0.467. The SMILES string of the molecule is CNc1cc(-c2noc([C@H](C)NC(=O)OC(C)(C)C)n2)ccn1. The third kappa shape index (κ3) is 4.67. The lowest BCUT2D eigenvalue weighted by molar-refractivity contribution is 0.0499. The van der Waals surface area contributed by atoms with Crippen LogP contribution in [0.25, 0.3) is 11.4 Å². The lowest BCUT2D eigenvalue weighted by Gasteiger charge is -2.20. The number of carbonyl (C=O) groups is 1. The predicted molar refractivity (Wildman–Crippen MR) is 84.9 cm³/mol. The second-order valence-electron chi connectivity index (χ2n) is 6.00. The molecule has 2 aromatic rings. The van der Waals surface area contributed by atoms with E-state index in [-0.39, 0.29) is 0 Å². The van der Waals surface area contributed by atoms with Crippen LogP contribution in [0.4, 0.5) is 10.6 Å². The number of hydrogen-bond acceptors (Lipinski definition) is 7. The van der Waals surface area contributed by atoms with E-state index in [9.17, 15) is 4.79 Å². The molecule has 8 heteroatoms. The van der Waals surface area contributed by atoms with E-state index in [0.29, 0.717) is 17.5 Å². The average Bonchev–Trinajstić information content (AvgIpc) is 2.95. The third-order valence-electron chi connectivity index (χ3n) is 2.82. The molecular weight excluding hydrogens is 298 g/mol. The highest BCUT2D eigenvalue weighted by atomic mass is 16.6. The molecule has 0 aliphatic carbocycles. The molecule has 0 fully saturated rings. The normalized spacial score (nSPS) is 12.6. The number of carbonyl (C=O) groups excluding carboxylic acids is 1. The maximum absolute atomic E-state index is 11.8. The fourth-order valence-corrected chi connectivity index (χ4v) is 1.78. The maximum atomic E-state index is 11.8. The van der Waals surface area contributed by atoms with Gasteiger partial charge in [0.1, 0.15) is 17.5 Å². The van der Waals surface area contributed by atoms with Crippen LogP contribution in [0.15, 0.2) is 22.9 Å². The van der Waals surface area contributed by atoms with Crippen molar-refractivity contribution in [2.24, 2.45) is 0 Å². The van der Waals surface area contributed by atoms with Crippen molar-refractivity contribution in [3.8, 4) is 11.4 Å². The Morgan fingerprint density at radius 2 is 2.13 bits per heavy atom. The number of pyridine rings is 1. The van der Waals surface area contributed by atoms with Crippen LogP contribution in [0.1, 0.15) is 39.6 Å². The molecule has 2 rings (SSSR count). The first-order chi connectivity index (χ1) is 10.8. The van der Waals surface area contributed by atoms with Crippen molar-refractivity contribution in [3.05, 3.63) is 24.2 Å². The Balaban J connectivity index is 2.07. The molecule has 1 amide bonds. The number of rotatable bonds is 4. The molecule has 2 heterocycles. The van der Waals surface area contributed by atoms with Gasteiger partial charge in [0.2, 0.25) is 11.7 Å². The minimum absolute atomic E-state index is 0.300. The molecule has 0 radical (unpaired) electrons. The van der Waals surface area contributed by atoms with Gasteiger partial charge in [-0.05, 0) is 39.8 Å². The van der Waals surface area contributed by atoms with Gasteiger partial charge in [0.05, 0.1) is 0 Å². The van der Waals surface area contributed by atoms with Crippen LogP contribution in [-0.4, -0.2) is 33.9 Å². The van der Waals surface area contributed by atoms with Crippen molar-refractivity contribution in [2.75, 3.05) is 12.4 Å². The van der Waals surface area contributed by atoms with Crippen LogP contribution in [0.2, 0.25) is 0 Å². The lowest BCUT2D eigenvalue weighted by Crippen LogP contribution is -2.34. The van der Waals surface area contributed by atoms with E-state index in [0.717, 1.165) is 5.56 Å². The summed E-state index contributed by atoms with van der Waals surface area (Å²) in [7, 11) is 1.78. The van der Waals surface area contributed by atoms with Crippen LogP contribution in [0.3, 0.4) is 0 Å². The number of hydrogen-bond donors (Lipinski definition) is 2. The Labute approximate surface area is 134 Å². The van der Waals surface area contributed by atoms with Crippen molar-refractivity contribution in [2.45, 2.75) is 39.3 Å². The molecule has 0 saturated heterocycles. The molecule has 124 valence electrons. The highest BCUT2D eigenvalue weighted by Crippen LogP contribution is 2.20. The summed E-state index contributed by atoms with van der Waals surface area (Å²) in [6.45, 7) is 7.13. The molecular formula is C15H21N5O3. The van der Waals surface area contributed by atoms with Crippen molar-refractivity contribution in [3.63, 3.8) is 0 Å². The summed E-state index contributed by atoms with van der Waals surface area (Å²) in [5.74, 6) is 1.43. The first-order valence-electron chi connectivity index (χ1n) is 7.26. The fourth-order valence-electron chi connectivity index (χ4n) is 1.78. The molecule has 0 spiro atoms. The topological polar surface area (TPSA) is 102 Å². The number of amides is 1. The Hall–Kier alpha value is -2.64. The molecule has 0 bridgehead atoms. The Bertz CT molecular complexity index is 678. The highest BCUT2D eigenvalue weighted by molar-refractivity contribution is 5.68. The molecule has 0 saturated carbocycles. The van der Waals surface area contributed by atoms with Gasteiger partial charge in [-0.2, -0.15) is 4.98 Å². The smallest absolute Gasteiger partial charge is 0.408 e. The predicted octanol–water partition coefficient (Wildman–Crippen LogP) is 2.76. The van der Waals surface area contributed by atoms with Gasteiger partial charge in [0.15, 0.2) is 0 Å². The number of aromatic nitrogens is 3. The van der Waals surface area contributed by atoms with E-state index in [1.54, 1.807) is 53.1 Å². The molecule has 8 nitrogen and oxygen atoms in total. The number of alkyl carbamates (subject to hydrolysis) is 1. The average molecular weight is 319 g/mol. The monoisotopic (exact) mass is 319 g/mol. The summed E-state index contributed by atoms with van der Waals surface area (Å²) >= 11 is 0. The largest absolute Gasteiger partial charge is 0.444 e. The summed E-state index contributed by atoms with van der Waals surface area (Å²) in [5.41, 5.74) is 0.202. The number of nitrogens with one attached hydrogen (secondary N) is 2. The maximum Gasteiger partial charge on any atom is 0.408 e. The third-order valence-corrected chi connectivity index (χ3v) is 2.82. The highest BCUT2D eigenvalue weighted by Gasteiger charge is 2.21. The minimum atomic E-state index is -0.565. The minimum Gasteiger partial charge on any atom is -0.444 e. The van der Waals surface area contributed by atoms with Crippen LogP contribution in [0.5, 0.6) is 0 Å². The van der Waals surface area contributed by atoms with Gasteiger partial charge in [-0.1, -0.05) is 5.16 Å². The van der Waals surface area contributed by atoms with Crippen molar-refractivity contribution in [1.29, 1.82) is 0 Å². The zero-order valence-electron chi connectivity index (χ0n) is 13.9. The molecule has 23 heavy (non-hydrogen) atoms. The van der Waals surface area contributed by atoms with E-state index in [1.165, 1.54) is 0 Å². The lowest BCUT2D eigenvalue weighted by atomic mass is 10.2. The Morgan fingerprint density at radius 1 is 1.39 bits per heavy atom. The van der Waals surface area contributed by atoms with Gasteiger partial charge >= 0.3 is 6.09 Å². The number of nitrogens with zero attached hydrogens (tertiary/aromatic N) is 3. The second kappa shape index (κ2) is 6.64. The Morgan fingerprint density at radius 3 is 2.78 bits per heavy atom. The van der Waals surface area contributed by atoms with E-state index in [1.807, 2.05) is 0 Å². The van der Waals surface area contributed by atoms with Gasteiger partial charge in [0.25, 0.3) is 0 Å². The van der Waals surface area contributed by atoms with Gasteiger partial charge in [0, 0.05) is 18.8 Å². The van der Waals surface area contributed by atoms with Gasteiger partial charge < -0.3 is 19.9 Å².